The summed E-state index contributed by atoms with van der Waals surface area (Å²) in [7, 11) is 0. The van der Waals surface area contributed by atoms with Gasteiger partial charge in [-0.1, -0.05) is 20.8 Å². The second kappa shape index (κ2) is 7.58. The lowest BCUT2D eigenvalue weighted by molar-refractivity contribution is -0.105. The van der Waals surface area contributed by atoms with Crippen molar-refractivity contribution >= 4 is 0 Å². The minimum absolute atomic E-state index is 0.548. The van der Waals surface area contributed by atoms with E-state index >= 15 is 0 Å². The Balaban J connectivity index is 2.20. The molecule has 2 bridgehead atoms. The van der Waals surface area contributed by atoms with Crippen LogP contribution in [0.15, 0.2) is 0 Å². The molecule has 0 aromatic carbocycles. The van der Waals surface area contributed by atoms with E-state index < -0.39 is 0 Å². The first-order valence-electron chi connectivity index (χ1n) is 8.24. The van der Waals surface area contributed by atoms with Crippen LogP contribution in [-0.4, -0.2) is 84.8 Å². The Kier molecular flexibility index (Phi) is 6.07. The van der Waals surface area contributed by atoms with Gasteiger partial charge >= 0.3 is 0 Å². The summed E-state index contributed by atoms with van der Waals surface area (Å²) in [5.74, 6) is 0. The molecule has 3 aliphatic heterocycles. The molecule has 3 heterocycles. The Labute approximate surface area is 119 Å². The number of nitrogens with zero attached hydrogens (tertiary/aromatic N) is 4. The molecule has 0 aliphatic carbocycles. The van der Waals surface area contributed by atoms with Gasteiger partial charge in [0, 0.05) is 52.4 Å². The molecular formula is C15H32N4. The summed E-state index contributed by atoms with van der Waals surface area (Å²) in [5.41, 5.74) is 0. The van der Waals surface area contributed by atoms with E-state index in [-0.39, 0.29) is 0 Å². The Bertz CT molecular complexity index is 241. The Morgan fingerprint density at radius 2 is 1.16 bits per heavy atom. The van der Waals surface area contributed by atoms with Crippen molar-refractivity contribution in [3.63, 3.8) is 0 Å². The van der Waals surface area contributed by atoms with E-state index in [4.69, 9.17) is 0 Å². The summed E-state index contributed by atoms with van der Waals surface area (Å²) < 4.78 is 0. The summed E-state index contributed by atoms with van der Waals surface area (Å²) in [6.07, 6.45) is 3.06. The predicted octanol–water partition coefficient (Wildman–Crippen LogP) is 1.35. The highest BCUT2D eigenvalue weighted by Gasteiger charge is 2.33. The quantitative estimate of drug-likeness (QED) is 0.746. The van der Waals surface area contributed by atoms with E-state index in [9.17, 15) is 0 Å². The average molecular weight is 268 g/mol. The molecule has 0 amide bonds. The number of fused-ring (bicyclic) bond motifs is 6. The van der Waals surface area contributed by atoms with Gasteiger partial charge in [0.1, 0.15) is 6.29 Å². The normalized spacial score (nSPS) is 31.1. The average Bonchev–Trinajstić information content (AvgIpc) is 2.37. The first-order chi connectivity index (χ1) is 9.30. The summed E-state index contributed by atoms with van der Waals surface area (Å²) in [6, 6.07) is 0. The molecule has 4 heteroatoms. The van der Waals surface area contributed by atoms with Crippen molar-refractivity contribution in [2.75, 3.05) is 58.9 Å². The van der Waals surface area contributed by atoms with Crippen LogP contribution in [-0.2, 0) is 0 Å². The van der Waals surface area contributed by atoms with Gasteiger partial charge in [-0.3, -0.25) is 19.6 Å². The van der Waals surface area contributed by atoms with Gasteiger partial charge in [0.25, 0.3) is 0 Å². The van der Waals surface area contributed by atoms with Gasteiger partial charge in [0.2, 0.25) is 0 Å². The van der Waals surface area contributed by atoms with E-state index in [0.717, 1.165) is 0 Å². The van der Waals surface area contributed by atoms with Crippen molar-refractivity contribution in [3.05, 3.63) is 0 Å². The van der Waals surface area contributed by atoms with E-state index in [1.807, 2.05) is 0 Å². The maximum Gasteiger partial charge on any atom is 0.119 e. The summed E-state index contributed by atoms with van der Waals surface area (Å²) in [6.45, 7) is 18.0. The summed E-state index contributed by atoms with van der Waals surface area (Å²) >= 11 is 0. The van der Waals surface area contributed by atoms with Crippen LogP contribution in [0.3, 0.4) is 0 Å². The van der Waals surface area contributed by atoms with E-state index in [0.29, 0.717) is 6.29 Å². The molecule has 3 rings (SSSR count). The van der Waals surface area contributed by atoms with Crippen molar-refractivity contribution in [2.45, 2.75) is 39.9 Å². The van der Waals surface area contributed by atoms with E-state index in [1.54, 1.807) is 0 Å². The SMILES string of the molecule is CCCN1CCN2CCN(CC)C1N(CCC)CC2. The van der Waals surface area contributed by atoms with Crippen molar-refractivity contribution in [3.8, 4) is 0 Å². The molecule has 0 atom stereocenters. The third kappa shape index (κ3) is 3.69. The standard InChI is InChI=1S/C15H32N4/c1-4-7-18-13-10-16-9-12-17(6-3)15(18)19(8-5-2)14-11-16/h15H,4-14H2,1-3H3. The molecule has 0 aromatic heterocycles. The molecule has 0 radical (unpaired) electrons. The molecule has 0 unspecified atom stereocenters. The van der Waals surface area contributed by atoms with Crippen LogP contribution in [0.4, 0.5) is 0 Å². The Morgan fingerprint density at radius 1 is 0.684 bits per heavy atom. The molecular weight excluding hydrogens is 236 g/mol. The fourth-order valence-electron chi connectivity index (χ4n) is 3.53. The van der Waals surface area contributed by atoms with Crippen molar-refractivity contribution in [1.29, 1.82) is 0 Å². The van der Waals surface area contributed by atoms with Crippen LogP contribution in [0, 0.1) is 0 Å². The van der Waals surface area contributed by atoms with Crippen LogP contribution in [0.25, 0.3) is 0 Å². The topological polar surface area (TPSA) is 13.0 Å². The van der Waals surface area contributed by atoms with Gasteiger partial charge in [-0.2, -0.15) is 0 Å². The highest BCUT2D eigenvalue weighted by Crippen LogP contribution is 2.18. The lowest BCUT2D eigenvalue weighted by Gasteiger charge is -2.51. The van der Waals surface area contributed by atoms with E-state index in [1.165, 1.54) is 71.7 Å². The maximum atomic E-state index is 2.71. The van der Waals surface area contributed by atoms with Gasteiger partial charge in [0.15, 0.2) is 0 Å². The molecule has 19 heavy (non-hydrogen) atoms. The van der Waals surface area contributed by atoms with Gasteiger partial charge < -0.3 is 0 Å². The number of hydrogen-bond donors (Lipinski definition) is 0. The number of rotatable bonds is 5. The van der Waals surface area contributed by atoms with Crippen LogP contribution < -0.4 is 0 Å². The fraction of sp³-hybridized carbons (Fsp3) is 1.00. The Morgan fingerprint density at radius 3 is 1.58 bits per heavy atom. The van der Waals surface area contributed by atoms with Gasteiger partial charge in [0.05, 0.1) is 0 Å². The second-order valence-corrected chi connectivity index (χ2v) is 5.89. The van der Waals surface area contributed by atoms with Crippen LogP contribution in [0.5, 0.6) is 0 Å². The monoisotopic (exact) mass is 268 g/mol. The zero-order valence-electron chi connectivity index (χ0n) is 13.1. The van der Waals surface area contributed by atoms with Crippen molar-refractivity contribution < 1.29 is 0 Å². The lowest BCUT2D eigenvalue weighted by atomic mass is 10.2. The molecule has 0 N–H and O–H groups in total. The molecule has 0 aromatic rings. The zero-order chi connectivity index (χ0) is 13.7. The molecule has 4 nitrogen and oxygen atoms in total. The number of likely N-dealkylation sites (N-methyl/N-ethyl adjacent to an activating group) is 1. The maximum absolute atomic E-state index is 2.71. The molecule has 112 valence electrons. The smallest absolute Gasteiger partial charge is 0.119 e. The predicted molar refractivity (Wildman–Crippen MR) is 81.2 cm³/mol. The Hall–Kier alpha value is -0.160. The van der Waals surface area contributed by atoms with Gasteiger partial charge in [-0.05, 0) is 19.4 Å². The third-order valence-corrected chi connectivity index (χ3v) is 4.52. The highest BCUT2D eigenvalue weighted by molar-refractivity contribution is 4.83. The lowest BCUT2D eigenvalue weighted by Crippen LogP contribution is -2.65. The molecule has 0 saturated carbocycles. The van der Waals surface area contributed by atoms with Crippen molar-refractivity contribution in [2.24, 2.45) is 0 Å². The fourth-order valence-corrected chi connectivity index (χ4v) is 3.53. The first kappa shape index (κ1) is 15.2. The zero-order valence-corrected chi connectivity index (χ0v) is 13.1. The minimum Gasteiger partial charge on any atom is -0.300 e. The summed E-state index contributed by atoms with van der Waals surface area (Å²) in [4.78, 5) is 10.8. The highest BCUT2D eigenvalue weighted by atomic mass is 15.5. The molecule has 3 saturated heterocycles. The van der Waals surface area contributed by atoms with Crippen LogP contribution in [0.1, 0.15) is 33.6 Å². The molecule has 0 spiro atoms. The van der Waals surface area contributed by atoms with Gasteiger partial charge in [-0.25, -0.2) is 0 Å². The largest absolute Gasteiger partial charge is 0.300 e. The number of hydrogen-bond acceptors (Lipinski definition) is 4. The second-order valence-electron chi connectivity index (χ2n) is 5.89. The van der Waals surface area contributed by atoms with Crippen LogP contribution >= 0.6 is 0 Å². The molecule has 3 aliphatic rings. The first-order valence-corrected chi connectivity index (χ1v) is 8.24. The molecule has 3 fully saturated rings. The minimum atomic E-state index is 0.548. The summed E-state index contributed by atoms with van der Waals surface area (Å²) in [5, 5.41) is 0. The van der Waals surface area contributed by atoms with Gasteiger partial charge in [-0.15, -0.1) is 0 Å². The van der Waals surface area contributed by atoms with Crippen molar-refractivity contribution in [1.82, 2.24) is 19.6 Å². The van der Waals surface area contributed by atoms with E-state index in [2.05, 4.69) is 40.4 Å². The third-order valence-electron chi connectivity index (χ3n) is 4.52. The van der Waals surface area contributed by atoms with Crippen LogP contribution in [0.2, 0.25) is 0 Å².